The first kappa shape index (κ1) is 32.1. The number of rotatable bonds is 4. The Kier molecular flexibility index (Phi) is 7.00. The summed E-state index contributed by atoms with van der Waals surface area (Å²) >= 11 is 0. The van der Waals surface area contributed by atoms with Crippen LogP contribution in [0.1, 0.15) is 34.4 Å². The predicted octanol–water partition coefficient (Wildman–Crippen LogP) is 13.5. The second-order valence-electron chi connectivity index (χ2n) is 15.5. The lowest BCUT2D eigenvalue weighted by Gasteiger charge is -2.30. The Bertz CT molecular complexity index is 3140. The summed E-state index contributed by atoms with van der Waals surface area (Å²) in [6.07, 6.45) is 5.27. The van der Waals surface area contributed by atoms with Crippen LogP contribution in [0.5, 0.6) is 0 Å². The largest absolute Gasteiger partial charge is 0.283 e. The van der Waals surface area contributed by atoms with E-state index in [4.69, 9.17) is 9.98 Å². The quantitative estimate of drug-likeness (QED) is 0.177. The standard InChI is InChI=1S/C55H36N2/c1-5-17-47-42(12-1)43-13-2-6-18-48(43)55(47)49-19-7-3-15-45(49)54-41(16-11-20-50(54)55)40-30-29-38-32-37(27-28-39(38)33-40)35-23-25-36(26-24-35)46-34-53(52-22-9-10-31-56-52)57-51-21-8-4-14-44(46)51/h1-9,11-30,32-34H,10,31H2. The van der Waals surface area contributed by atoms with E-state index in [9.17, 15) is 0 Å². The molecule has 266 valence electrons. The van der Waals surface area contributed by atoms with Crippen molar-refractivity contribution in [3.8, 4) is 55.6 Å². The molecule has 2 heteroatoms. The zero-order valence-electron chi connectivity index (χ0n) is 31.3. The van der Waals surface area contributed by atoms with Crippen molar-refractivity contribution in [1.82, 2.24) is 4.98 Å². The molecule has 0 amide bonds. The van der Waals surface area contributed by atoms with Gasteiger partial charge in [-0.2, -0.15) is 0 Å². The first-order valence-electron chi connectivity index (χ1n) is 19.9. The van der Waals surface area contributed by atoms with Crippen LogP contribution < -0.4 is 0 Å². The third kappa shape index (κ3) is 4.71. The molecule has 1 spiro atoms. The lowest BCUT2D eigenvalue weighted by Crippen LogP contribution is -2.25. The van der Waals surface area contributed by atoms with E-state index in [1.54, 1.807) is 0 Å². The fourth-order valence-corrected chi connectivity index (χ4v) is 10.0. The summed E-state index contributed by atoms with van der Waals surface area (Å²) in [6, 6.07) is 67.5. The zero-order valence-corrected chi connectivity index (χ0v) is 31.3. The van der Waals surface area contributed by atoms with Crippen molar-refractivity contribution in [2.24, 2.45) is 4.99 Å². The van der Waals surface area contributed by atoms with Gasteiger partial charge in [0, 0.05) is 11.9 Å². The van der Waals surface area contributed by atoms with Crippen molar-refractivity contribution < 1.29 is 0 Å². The number of fused-ring (bicyclic) bond motifs is 12. The van der Waals surface area contributed by atoms with Gasteiger partial charge in [-0.1, -0.05) is 164 Å². The normalized spacial score (nSPS) is 14.4. The van der Waals surface area contributed by atoms with Crippen LogP contribution in [0, 0.1) is 0 Å². The van der Waals surface area contributed by atoms with Crippen LogP contribution in [0.25, 0.3) is 77.3 Å². The monoisotopic (exact) mass is 724 g/mol. The first-order valence-corrected chi connectivity index (χ1v) is 19.9. The number of nitrogens with zero attached hydrogens (tertiary/aromatic N) is 2. The number of dihydropyridines is 1. The number of benzene rings is 8. The summed E-state index contributed by atoms with van der Waals surface area (Å²) in [6.45, 7) is 0.811. The average molecular weight is 725 g/mol. The van der Waals surface area contributed by atoms with Crippen LogP contribution in [0.4, 0.5) is 0 Å². The molecule has 12 rings (SSSR count). The summed E-state index contributed by atoms with van der Waals surface area (Å²) in [5.74, 6) is 0. The summed E-state index contributed by atoms with van der Waals surface area (Å²) in [4.78, 5) is 9.75. The van der Waals surface area contributed by atoms with E-state index < -0.39 is 0 Å². The van der Waals surface area contributed by atoms with Gasteiger partial charge < -0.3 is 0 Å². The first-order chi connectivity index (χ1) is 28.3. The van der Waals surface area contributed by atoms with Gasteiger partial charge in [0.05, 0.1) is 22.3 Å². The van der Waals surface area contributed by atoms with Crippen molar-refractivity contribution in [2.75, 3.05) is 6.54 Å². The molecule has 1 aliphatic heterocycles. The number of hydrogen-bond donors (Lipinski definition) is 0. The summed E-state index contributed by atoms with van der Waals surface area (Å²) in [5, 5.41) is 3.62. The molecular weight excluding hydrogens is 689 g/mol. The topological polar surface area (TPSA) is 25.2 Å². The third-order valence-corrected chi connectivity index (χ3v) is 12.5. The van der Waals surface area contributed by atoms with Gasteiger partial charge in [0.15, 0.2) is 0 Å². The average Bonchev–Trinajstić information content (AvgIpc) is 3.76. The molecule has 0 saturated heterocycles. The van der Waals surface area contributed by atoms with E-state index in [1.807, 2.05) is 0 Å². The molecule has 0 atom stereocenters. The molecule has 0 bridgehead atoms. The second kappa shape index (κ2) is 12.4. The van der Waals surface area contributed by atoms with Gasteiger partial charge >= 0.3 is 0 Å². The molecule has 0 radical (unpaired) electrons. The molecule has 0 saturated carbocycles. The van der Waals surface area contributed by atoms with Crippen molar-refractivity contribution >= 4 is 27.4 Å². The van der Waals surface area contributed by atoms with Crippen molar-refractivity contribution in [3.05, 3.63) is 222 Å². The van der Waals surface area contributed by atoms with Gasteiger partial charge in [0.25, 0.3) is 0 Å². The number of para-hydroxylation sites is 1. The van der Waals surface area contributed by atoms with Crippen LogP contribution in [0.3, 0.4) is 0 Å². The Labute approximate surface area is 332 Å². The third-order valence-electron chi connectivity index (χ3n) is 12.5. The molecule has 0 unspecified atom stereocenters. The number of hydrogen-bond acceptors (Lipinski definition) is 2. The Balaban J connectivity index is 0.927. The molecule has 9 aromatic rings. The van der Waals surface area contributed by atoms with Gasteiger partial charge in [0.2, 0.25) is 0 Å². The lowest BCUT2D eigenvalue weighted by atomic mass is 9.70. The van der Waals surface area contributed by atoms with E-state index in [2.05, 4.69) is 194 Å². The highest BCUT2D eigenvalue weighted by atomic mass is 14.8. The Morgan fingerprint density at radius 3 is 1.74 bits per heavy atom. The van der Waals surface area contributed by atoms with Crippen LogP contribution in [-0.2, 0) is 5.41 Å². The Morgan fingerprint density at radius 1 is 0.421 bits per heavy atom. The minimum atomic E-state index is -0.343. The molecule has 3 aliphatic rings. The molecule has 2 nitrogen and oxygen atoms in total. The molecule has 2 aliphatic carbocycles. The molecule has 0 fully saturated rings. The van der Waals surface area contributed by atoms with E-state index in [0.717, 1.165) is 35.3 Å². The fourth-order valence-electron chi connectivity index (χ4n) is 10.0. The predicted molar refractivity (Wildman–Crippen MR) is 237 cm³/mol. The van der Waals surface area contributed by atoms with E-state index in [-0.39, 0.29) is 5.41 Å². The summed E-state index contributed by atoms with van der Waals surface area (Å²) in [7, 11) is 0. The summed E-state index contributed by atoms with van der Waals surface area (Å²) < 4.78 is 0. The van der Waals surface area contributed by atoms with Crippen molar-refractivity contribution in [3.63, 3.8) is 0 Å². The van der Waals surface area contributed by atoms with Crippen LogP contribution in [-0.4, -0.2) is 17.2 Å². The summed E-state index contributed by atoms with van der Waals surface area (Å²) in [5.41, 5.74) is 20.6. The molecule has 1 aromatic heterocycles. The maximum absolute atomic E-state index is 4.98. The van der Waals surface area contributed by atoms with Gasteiger partial charge in [-0.25, -0.2) is 4.98 Å². The number of aliphatic imine (C=N–C) groups is 1. The highest BCUT2D eigenvalue weighted by Crippen LogP contribution is 2.63. The maximum Gasteiger partial charge on any atom is 0.0895 e. The smallest absolute Gasteiger partial charge is 0.0895 e. The van der Waals surface area contributed by atoms with E-state index >= 15 is 0 Å². The minimum Gasteiger partial charge on any atom is -0.283 e. The minimum absolute atomic E-state index is 0.343. The zero-order chi connectivity index (χ0) is 37.5. The second-order valence-corrected chi connectivity index (χ2v) is 15.5. The SMILES string of the molecule is C1=CC(c2cc(-c3ccc(-c4ccc5cc(-c6cccc7c6-c6ccccc6C76c7ccccc7-c7ccccc76)ccc5c4)cc3)c3ccccc3n2)=NCC1. The fraction of sp³-hybridized carbons (Fsp3) is 0.0545. The van der Waals surface area contributed by atoms with Gasteiger partial charge in [-0.3, -0.25) is 4.99 Å². The van der Waals surface area contributed by atoms with Crippen LogP contribution in [0.15, 0.2) is 199 Å². The lowest BCUT2D eigenvalue weighted by molar-refractivity contribution is 0.794. The Morgan fingerprint density at radius 2 is 1.00 bits per heavy atom. The number of aromatic nitrogens is 1. The molecular formula is C55H36N2. The van der Waals surface area contributed by atoms with Crippen molar-refractivity contribution in [2.45, 2.75) is 11.8 Å². The Hall–Kier alpha value is -7.16. The maximum atomic E-state index is 4.98. The van der Waals surface area contributed by atoms with Gasteiger partial charge in [0.1, 0.15) is 0 Å². The van der Waals surface area contributed by atoms with Gasteiger partial charge in [-0.05, 0) is 125 Å². The van der Waals surface area contributed by atoms with E-state index in [1.165, 1.54) is 88.7 Å². The number of allylic oxidation sites excluding steroid dienone is 1. The van der Waals surface area contributed by atoms with Crippen LogP contribution in [0.2, 0.25) is 0 Å². The molecule has 0 N–H and O–H groups in total. The van der Waals surface area contributed by atoms with Crippen LogP contribution >= 0.6 is 0 Å². The molecule has 8 aromatic carbocycles. The number of pyridine rings is 1. The van der Waals surface area contributed by atoms with Gasteiger partial charge in [-0.15, -0.1) is 0 Å². The van der Waals surface area contributed by atoms with Crippen molar-refractivity contribution in [1.29, 1.82) is 0 Å². The highest BCUT2D eigenvalue weighted by molar-refractivity contribution is 6.10. The highest BCUT2D eigenvalue weighted by Gasteiger charge is 2.51. The van der Waals surface area contributed by atoms with E-state index in [0.29, 0.717) is 0 Å². The molecule has 57 heavy (non-hydrogen) atoms. The molecule has 2 heterocycles.